The average Bonchev–Trinajstić information content (AvgIpc) is 2.29. The summed E-state index contributed by atoms with van der Waals surface area (Å²) in [5.74, 6) is -1.14. The first-order valence-corrected chi connectivity index (χ1v) is 5.03. The molecule has 1 aromatic carbocycles. The number of hydrogen-bond acceptors (Lipinski definition) is 3. The fraction of sp³-hybridized carbons (Fsp3) is 0. The van der Waals surface area contributed by atoms with Crippen molar-refractivity contribution in [2.45, 2.75) is 0 Å². The Morgan fingerprint density at radius 2 is 2.24 bits per heavy atom. The van der Waals surface area contributed by atoms with Gasteiger partial charge in [-0.1, -0.05) is 11.6 Å². The van der Waals surface area contributed by atoms with Crippen molar-refractivity contribution in [2.24, 2.45) is 0 Å². The fourth-order valence-corrected chi connectivity index (χ4v) is 1.53. The van der Waals surface area contributed by atoms with Crippen LogP contribution in [0, 0.1) is 0 Å². The van der Waals surface area contributed by atoms with Gasteiger partial charge in [0.2, 0.25) is 0 Å². The predicted molar refractivity (Wildman–Crippen MR) is 64.0 cm³/mol. The van der Waals surface area contributed by atoms with Crippen LogP contribution in [-0.2, 0) is 4.79 Å². The van der Waals surface area contributed by atoms with Crippen LogP contribution in [0.25, 0.3) is 17.1 Å². The highest BCUT2D eigenvalue weighted by Gasteiger charge is 2.03. The zero-order valence-corrected chi connectivity index (χ0v) is 9.26. The maximum Gasteiger partial charge on any atom is 0.329 e. The molecule has 0 spiro atoms. The standard InChI is InChI=1S/C11H7ClN2O3/c12-7-1-2-9-8(5-7)11(17)14(6-13-9)4-3-10(15)16/h1-6H,(H,15,16)/b4-3+. The molecule has 1 aromatic heterocycles. The third-order valence-electron chi connectivity index (χ3n) is 2.12. The summed E-state index contributed by atoms with van der Waals surface area (Å²) in [4.78, 5) is 26.3. The van der Waals surface area contributed by atoms with Gasteiger partial charge in [0.05, 0.1) is 10.9 Å². The van der Waals surface area contributed by atoms with Crippen LogP contribution >= 0.6 is 11.6 Å². The van der Waals surface area contributed by atoms with Gasteiger partial charge in [-0.3, -0.25) is 9.36 Å². The molecule has 6 heteroatoms. The molecule has 0 fully saturated rings. The third-order valence-corrected chi connectivity index (χ3v) is 2.36. The lowest BCUT2D eigenvalue weighted by atomic mass is 10.2. The number of carboxylic acid groups (broad SMARTS) is 1. The smallest absolute Gasteiger partial charge is 0.329 e. The number of carbonyl (C=O) groups is 1. The summed E-state index contributed by atoms with van der Waals surface area (Å²) in [5, 5.41) is 9.25. The first kappa shape index (κ1) is 11.3. The highest BCUT2D eigenvalue weighted by atomic mass is 35.5. The van der Waals surface area contributed by atoms with Gasteiger partial charge in [-0.25, -0.2) is 9.78 Å². The van der Waals surface area contributed by atoms with Crippen molar-refractivity contribution in [3.8, 4) is 0 Å². The number of nitrogens with zero attached hydrogens (tertiary/aromatic N) is 2. The number of carboxylic acids is 1. The number of halogens is 1. The highest BCUT2D eigenvalue weighted by molar-refractivity contribution is 6.31. The minimum absolute atomic E-state index is 0.343. The summed E-state index contributed by atoms with van der Waals surface area (Å²) in [6.45, 7) is 0. The molecule has 0 aliphatic rings. The van der Waals surface area contributed by atoms with E-state index in [1.54, 1.807) is 12.1 Å². The molecule has 2 rings (SSSR count). The van der Waals surface area contributed by atoms with Gasteiger partial charge >= 0.3 is 5.97 Å². The Hall–Kier alpha value is -2.14. The third kappa shape index (κ3) is 2.34. The zero-order valence-electron chi connectivity index (χ0n) is 8.50. The van der Waals surface area contributed by atoms with Crippen molar-refractivity contribution < 1.29 is 9.90 Å². The molecule has 0 amide bonds. The van der Waals surface area contributed by atoms with Crippen LogP contribution in [0.2, 0.25) is 5.02 Å². The van der Waals surface area contributed by atoms with E-state index in [0.717, 1.165) is 16.8 Å². The fourth-order valence-electron chi connectivity index (χ4n) is 1.36. The number of aliphatic carboxylic acids is 1. The summed E-state index contributed by atoms with van der Waals surface area (Å²) in [7, 11) is 0. The molecule has 0 unspecified atom stereocenters. The first-order chi connectivity index (χ1) is 8.08. The van der Waals surface area contributed by atoms with E-state index < -0.39 is 5.97 Å². The van der Waals surface area contributed by atoms with Crippen LogP contribution in [0.5, 0.6) is 0 Å². The van der Waals surface area contributed by atoms with Gasteiger partial charge in [-0.2, -0.15) is 0 Å². The Kier molecular flexibility index (Phi) is 2.93. The summed E-state index contributed by atoms with van der Waals surface area (Å²) < 4.78 is 1.09. The summed E-state index contributed by atoms with van der Waals surface area (Å²) in [6, 6.07) is 4.76. The van der Waals surface area contributed by atoms with E-state index in [9.17, 15) is 9.59 Å². The van der Waals surface area contributed by atoms with E-state index >= 15 is 0 Å². The van der Waals surface area contributed by atoms with Crippen LogP contribution in [0.15, 0.2) is 35.4 Å². The molecule has 0 bridgehead atoms. The van der Waals surface area contributed by atoms with E-state index in [2.05, 4.69) is 4.98 Å². The average molecular weight is 251 g/mol. The zero-order chi connectivity index (χ0) is 12.4. The lowest BCUT2D eigenvalue weighted by Crippen LogP contribution is -2.16. The summed E-state index contributed by atoms with van der Waals surface area (Å²) >= 11 is 5.78. The molecule has 0 saturated heterocycles. The molecule has 0 aliphatic carbocycles. The molecule has 5 nitrogen and oxygen atoms in total. The Morgan fingerprint density at radius 1 is 1.47 bits per heavy atom. The Balaban J connectivity index is 2.65. The van der Waals surface area contributed by atoms with E-state index in [4.69, 9.17) is 16.7 Å². The van der Waals surface area contributed by atoms with Crippen LogP contribution in [0.4, 0.5) is 0 Å². The van der Waals surface area contributed by atoms with Crippen molar-refractivity contribution in [3.05, 3.63) is 46.0 Å². The lowest BCUT2D eigenvalue weighted by Gasteiger charge is -2.00. The van der Waals surface area contributed by atoms with Crippen LogP contribution < -0.4 is 5.56 Å². The molecule has 1 heterocycles. The molecule has 86 valence electrons. The number of hydrogen-bond donors (Lipinski definition) is 1. The second-order valence-electron chi connectivity index (χ2n) is 3.27. The normalized spacial score (nSPS) is 11.1. The number of aromatic nitrogens is 2. The maximum absolute atomic E-state index is 11.9. The van der Waals surface area contributed by atoms with Gasteiger partial charge in [0.1, 0.15) is 6.33 Å². The highest BCUT2D eigenvalue weighted by Crippen LogP contribution is 2.13. The molecule has 1 N–H and O–H groups in total. The molecule has 2 aromatic rings. The van der Waals surface area contributed by atoms with Crippen LogP contribution in [0.1, 0.15) is 0 Å². The number of rotatable bonds is 2. The summed E-state index contributed by atoms with van der Waals surface area (Å²) in [6.07, 6.45) is 3.26. The molecule has 0 radical (unpaired) electrons. The topological polar surface area (TPSA) is 72.2 Å². The van der Waals surface area contributed by atoms with Crippen molar-refractivity contribution in [1.82, 2.24) is 9.55 Å². The Morgan fingerprint density at radius 3 is 2.94 bits per heavy atom. The minimum Gasteiger partial charge on any atom is -0.478 e. The second kappa shape index (κ2) is 4.39. The number of fused-ring (bicyclic) bond motifs is 1. The molecular formula is C11H7ClN2O3. The second-order valence-corrected chi connectivity index (χ2v) is 3.71. The predicted octanol–water partition coefficient (Wildman–Crippen LogP) is 1.61. The number of benzene rings is 1. The van der Waals surface area contributed by atoms with Crippen LogP contribution in [0.3, 0.4) is 0 Å². The molecule has 0 aliphatic heterocycles. The van der Waals surface area contributed by atoms with E-state index in [1.807, 2.05) is 0 Å². The van der Waals surface area contributed by atoms with Gasteiger partial charge < -0.3 is 5.11 Å². The Labute approximate surface area is 101 Å². The van der Waals surface area contributed by atoms with E-state index in [1.165, 1.54) is 12.4 Å². The monoisotopic (exact) mass is 250 g/mol. The largest absolute Gasteiger partial charge is 0.478 e. The molecular weight excluding hydrogens is 244 g/mol. The Bertz CT molecular complexity index is 676. The van der Waals surface area contributed by atoms with Crippen molar-refractivity contribution >= 4 is 34.7 Å². The van der Waals surface area contributed by atoms with E-state index in [0.29, 0.717) is 15.9 Å². The van der Waals surface area contributed by atoms with Crippen molar-refractivity contribution in [3.63, 3.8) is 0 Å². The van der Waals surface area contributed by atoms with Crippen LogP contribution in [-0.4, -0.2) is 20.6 Å². The summed E-state index contributed by atoms with van der Waals surface area (Å²) in [5.41, 5.74) is 0.148. The molecule has 17 heavy (non-hydrogen) atoms. The minimum atomic E-state index is -1.14. The van der Waals surface area contributed by atoms with Gasteiger partial charge in [0, 0.05) is 17.3 Å². The lowest BCUT2D eigenvalue weighted by molar-refractivity contribution is -0.131. The van der Waals surface area contributed by atoms with Gasteiger partial charge in [0.25, 0.3) is 5.56 Å². The van der Waals surface area contributed by atoms with E-state index in [-0.39, 0.29) is 5.56 Å². The van der Waals surface area contributed by atoms with Gasteiger partial charge in [-0.15, -0.1) is 0 Å². The van der Waals surface area contributed by atoms with Gasteiger partial charge in [0.15, 0.2) is 0 Å². The van der Waals surface area contributed by atoms with Gasteiger partial charge in [-0.05, 0) is 18.2 Å². The first-order valence-electron chi connectivity index (χ1n) is 4.65. The molecule has 0 saturated carbocycles. The SMILES string of the molecule is O=C(O)/C=C/n1cnc2ccc(Cl)cc2c1=O. The quantitative estimate of drug-likeness (QED) is 0.822. The maximum atomic E-state index is 11.9. The molecule has 0 atom stereocenters. The van der Waals surface area contributed by atoms with Crippen molar-refractivity contribution in [2.75, 3.05) is 0 Å². The van der Waals surface area contributed by atoms with Crippen molar-refractivity contribution in [1.29, 1.82) is 0 Å².